The Kier molecular flexibility index (Phi) is 10.1. The van der Waals surface area contributed by atoms with Crippen LogP contribution in [0, 0.1) is 0 Å². The molecule has 3 heteroatoms. The molecule has 0 fully saturated rings. The number of anilines is 3. The Bertz CT molecular complexity index is 3850. The van der Waals surface area contributed by atoms with Crippen LogP contribution in [0.2, 0.25) is 0 Å². The normalized spacial score (nSPS) is 13.5. The van der Waals surface area contributed by atoms with Gasteiger partial charge in [0.05, 0.1) is 11.1 Å². The highest BCUT2D eigenvalue weighted by Gasteiger charge is 2.49. The number of nitrogens with zero attached hydrogens (tertiary/aromatic N) is 1. The van der Waals surface area contributed by atoms with Crippen molar-refractivity contribution >= 4 is 40.2 Å². The predicted molar refractivity (Wildman–Crippen MR) is 310 cm³/mol. The number of hydrogen-bond acceptors (Lipinski definition) is 2. The van der Waals surface area contributed by atoms with Crippen LogP contribution in [0.25, 0.3) is 55.6 Å². The van der Waals surface area contributed by atoms with E-state index in [9.17, 15) is 0 Å². The van der Waals surface area contributed by atoms with Crippen LogP contribution in [0.15, 0.2) is 261 Å². The van der Waals surface area contributed by atoms with Gasteiger partial charge >= 0.3 is 0 Å². The molecule has 0 spiro atoms. The second-order valence-corrected chi connectivity index (χ2v) is 21.1. The molecular formula is C71H52BNO. The molecule has 14 rings (SSSR count). The minimum Gasteiger partial charge on any atom is -0.458 e. The Labute approximate surface area is 435 Å². The zero-order valence-electron chi connectivity index (χ0n) is 41.8. The van der Waals surface area contributed by atoms with Gasteiger partial charge in [0.25, 0.3) is 6.71 Å². The van der Waals surface area contributed by atoms with E-state index in [2.05, 4.69) is 287 Å². The van der Waals surface area contributed by atoms with Crippen molar-refractivity contribution in [2.24, 2.45) is 0 Å². The zero-order chi connectivity index (χ0) is 49.5. The second-order valence-electron chi connectivity index (χ2n) is 21.1. The van der Waals surface area contributed by atoms with E-state index in [1.165, 1.54) is 66.7 Å². The minimum atomic E-state index is -0.681. The smallest absolute Gasteiger partial charge is 0.256 e. The lowest BCUT2D eigenvalue weighted by Crippen LogP contribution is -2.59. The fourth-order valence-corrected chi connectivity index (χ4v) is 12.5. The van der Waals surface area contributed by atoms with E-state index in [4.69, 9.17) is 4.74 Å². The summed E-state index contributed by atoms with van der Waals surface area (Å²) in [6, 6.07) is 96.8. The van der Waals surface area contributed by atoms with Crippen molar-refractivity contribution in [3.63, 3.8) is 0 Å². The summed E-state index contributed by atoms with van der Waals surface area (Å²) in [6.07, 6.45) is 0. The molecule has 1 aliphatic carbocycles. The Balaban J connectivity index is 1.16. The van der Waals surface area contributed by atoms with Crippen molar-refractivity contribution in [2.45, 2.75) is 31.6 Å². The van der Waals surface area contributed by atoms with Gasteiger partial charge in [0.15, 0.2) is 0 Å². The van der Waals surface area contributed by atoms with Crippen LogP contribution in [-0.2, 0) is 10.8 Å². The molecule has 350 valence electrons. The Morgan fingerprint density at radius 2 is 0.838 bits per heavy atom. The highest BCUT2D eigenvalue weighted by molar-refractivity contribution is 6.99. The van der Waals surface area contributed by atoms with Gasteiger partial charge in [-0.2, -0.15) is 0 Å². The predicted octanol–water partition coefficient (Wildman–Crippen LogP) is 16.4. The first-order valence-electron chi connectivity index (χ1n) is 25.9. The molecule has 0 atom stereocenters. The second kappa shape index (κ2) is 17.1. The van der Waals surface area contributed by atoms with Gasteiger partial charge in [0, 0.05) is 22.5 Å². The number of ether oxygens (including phenoxy) is 1. The number of benzene rings is 11. The zero-order valence-corrected chi connectivity index (χ0v) is 41.8. The summed E-state index contributed by atoms with van der Waals surface area (Å²) in [6.45, 7) is 6.82. The van der Waals surface area contributed by atoms with E-state index in [0.717, 1.165) is 61.7 Å². The highest BCUT2D eigenvalue weighted by Crippen LogP contribution is 2.58. The van der Waals surface area contributed by atoms with Crippen molar-refractivity contribution in [2.75, 3.05) is 4.90 Å². The van der Waals surface area contributed by atoms with Crippen molar-refractivity contribution in [1.29, 1.82) is 0 Å². The number of hydrogen-bond donors (Lipinski definition) is 0. The third-order valence-corrected chi connectivity index (χ3v) is 15.9. The first-order chi connectivity index (χ1) is 36.3. The van der Waals surface area contributed by atoms with E-state index >= 15 is 0 Å². The van der Waals surface area contributed by atoms with Crippen LogP contribution in [0.4, 0.5) is 17.1 Å². The molecule has 3 aliphatic rings. The lowest BCUT2D eigenvalue weighted by atomic mass is 9.33. The molecule has 0 bridgehead atoms. The van der Waals surface area contributed by atoms with Crippen LogP contribution < -0.4 is 26.0 Å². The van der Waals surface area contributed by atoms with Crippen molar-refractivity contribution in [3.8, 4) is 67.1 Å². The van der Waals surface area contributed by atoms with Crippen molar-refractivity contribution < 1.29 is 4.74 Å². The average Bonchev–Trinajstić information content (AvgIpc) is 3.77. The molecule has 0 N–H and O–H groups in total. The molecule has 0 amide bonds. The molecule has 0 unspecified atom stereocenters. The Morgan fingerprint density at radius 3 is 1.38 bits per heavy atom. The first kappa shape index (κ1) is 43.8. The van der Waals surface area contributed by atoms with Gasteiger partial charge in [-0.3, -0.25) is 0 Å². The molecule has 74 heavy (non-hydrogen) atoms. The van der Waals surface area contributed by atoms with E-state index in [1.807, 2.05) is 0 Å². The van der Waals surface area contributed by atoms with E-state index < -0.39 is 5.41 Å². The van der Waals surface area contributed by atoms with Crippen LogP contribution in [0.3, 0.4) is 0 Å². The topological polar surface area (TPSA) is 12.5 Å². The SMILES string of the molecule is CC(C)(C)c1cc(-c2ccccc2)c(N2c3ccc(-c4ccccc4)cc3B3c4cc(-c5ccccc5)ccc4Oc4cc(C5(c6ccccc6)c6ccccc6-c6ccccc65)cc2c43)c(-c2ccccc2)c1. The van der Waals surface area contributed by atoms with Crippen molar-refractivity contribution in [3.05, 3.63) is 289 Å². The van der Waals surface area contributed by atoms with E-state index in [1.54, 1.807) is 0 Å². The highest BCUT2D eigenvalue weighted by atomic mass is 16.5. The van der Waals surface area contributed by atoms with Gasteiger partial charge < -0.3 is 9.64 Å². The molecule has 0 saturated heterocycles. The maximum Gasteiger partial charge on any atom is 0.256 e. The standard InChI is InChI=1S/C71H52BNO/c1-70(2,3)54-43-58(49-27-13-6-14-28-49)69(59(44-54)50-29-15-7-16-30-50)73-64-39-37-51(47-23-9-4-10-24-47)41-62(64)72-63-42-52(48-25-11-5-12-26-48)38-40-66(63)74-67-46-55(45-65(73)68(67)72)71(53-31-17-8-18-32-53)60-35-21-19-33-56(60)57-34-20-22-36-61(57)71/h4-46H,1-3H3. The van der Waals surface area contributed by atoms with Gasteiger partial charge in [-0.15, -0.1) is 0 Å². The summed E-state index contributed by atoms with van der Waals surface area (Å²) in [5.74, 6) is 1.74. The maximum atomic E-state index is 7.55. The summed E-state index contributed by atoms with van der Waals surface area (Å²) in [5.41, 5.74) is 24.1. The number of rotatable bonds is 7. The molecule has 0 saturated carbocycles. The van der Waals surface area contributed by atoms with Crippen LogP contribution in [0.5, 0.6) is 11.5 Å². The quantitative estimate of drug-likeness (QED) is 0.148. The molecule has 0 aromatic heterocycles. The lowest BCUT2D eigenvalue weighted by molar-refractivity contribution is 0.486. The Hall–Kier alpha value is -8.92. The lowest BCUT2D eigenvalue weighted by Gasteiger charge is -2.43. The molecule has 11 aromatic carbocycles. The van der Waals surface area contributed by atoms with Gasteiger partial charge in [-0.1, -0.05) is 245 Å². The molecular weight excluding hydrogens is 894 g/mol. The molecule has 2 aliphatic heterocycles. The van der Waals surface area contributed by atoms with Gasteiger partial charge in [0.2, 0.25) is 0 Å². The summed E-state index contributed by atoms with van der Waals surface area (Å²) in [5, 5.41) is 0. The van der Waals surface area contributed by atoms with E-state index in [0.29, 0.717) is 0 Å². The third kappa shape index (κ3) is 6.80. The maximum absolute atomic E-state index is 7.55. The monoisotopic (exact) mass is 945 g/mol. The minimum absolute atomic E-state index is 0.139. The average molecular weight is 946 g/mol. The van der Waals surface area contributed by atoms with Crippen LogP contribution in [0.1, 0.15) is 48.6 Å². The molecule has 2 nitrogen and oxygen atoms in total. The molecule has 11 aromatic rings. The summed E-state index contributed by atoms with van der Waals surface area (Å²) in [7, 11) is 0. The summed E-state index contributed by atoms with van der Waals surface area (Å²) >= 11 is 0. The summed E-state index contributed by atoms with van der Waals surface area (Å²) < 4.78 is 7.55. The van der Waals surface area contributed by atoms with Crippen LogP contribution in [-0.4, -0.2) is 6.71 Å². The van der Waals surface area contributed by atoms with E-state index in [-0.39, 0.29) is 12.1 Å². The van der Waals surface area contributed by atoms with Gasteiger partial charge in [-0.25, -0.2) is 0 Å². The molecule has 0 radical (unpaired) electrons. The fourth-order valence-electron chi connectivity index (χ4n) is 12.5. The third-order valence-electron chi connectivity index (χ3n) is 15.9. The summed E-state index contributed by atoms with van der Waals surface area (Å²) in [4.78, 5) is 2.63. The largest absolute Gasteiger partial charge is 0.458 e. The Morgan fingerprint density at radius 1 is 0.365 bits per heavy atom. The van der Waals surface area contributed by atoms with Gasteiger partial charge in [-0.05, 0) is 131 Å². The van der Waals surface area contributed by atoms with Crippen molar-refractivity contribution in [1.82, 2.24) is 0 Å². The first-order valence-corrected chi connectivity index (χ1v) is 25.9. The van der Waals surface area contributed by atoms with Gasteiger partial charge in [0.1, 0.15) is 11.5 Å². The molecule has 2 heterocycles. The van der Waals surface area contributed by atoms with Crippen LogP contribution >= 0.6 is 0 Å². The fraction of sp³-hybridized carbons (Fsp3) is 0.0704. The number of fused-ring (bicyclic) bond motifs is 7.